The van der Waals surface area contributed by atoms with Crippen LogP contribution in [0.2, 0.25) is 0 Å². The van der Waals surface area contributed by atoms with Crippen LogP contribution in [0.4, 0.5) is 0 Å². The average Bonchev–Trinajstić information content (AvgIpc) is 2.48. The van der Waals surface area contributed by atoms with Crippen molar-refractivity contribution < 1.29 is 4.74 Å². The van der Waals surface area contributed by atoms with Gasteiger partial charge in [0.2, 0.25) is 0 Å². The summed E-state index contributed by atoms with van der Waals surface area (Å²) in [6, 6.07) is 0.716. The van der Waals surface area contributed by atoms with Crippen molar-refractivity contribution in [1.29, 1.82) is 0 Å². The number of rotatable bonds is 6. The van der Waals surface area contributed by atoms with E-state index in [-0.39, 0.29) is 0 Å². The van der Waals surface area contributed by atoms with Gasteiger partial charge >= 0.3 is 0 Å². The first kappa shape index (κ1) is 16.3. The number of hydrogen-bond donors (Lipinski definition) is 0. The molecule has 0 radical (unpaired) electrons. The number of nitrogens with zero attached hydrogens (tertiary/aromatic N) is 2. The molecule has 2 aliphatic rings. The van der Waals surface area contributed by atoms with Gasteiger partial charge in [0, 0.05) is 39.3 Å². The minimum atomic E-state index is 0.551. The maximum absolute atomic E-state index is 5.46. The van der Waals surface area contributed by atoms with Crippen LogP contribution in [0.5, 0.6) is 0 Å². The van der Waals surface area contributed by atoms with Crippen molar-refractivity contribution in [1.82, 2.24) is 9.80 Å². The summed E-state index contributed by atoms with van der Waals surface area (Å²) in [4.78, 5) is 5.27. The lowest BCUT2D eigenvalue weighted by Gasteiger charge is -2.37. The lowest BCUT2D eigenvalue weighted by molar-refractivity contribution is 0.0539. The molecule has 2 fully saturated rings. The van der Waals surface area contributed by atoms with E-state index in [0.717, 1.165) is 5.92 Å². The zero-order valence-corrected chi connectivity index (χ0v) is 13.8. The van der Waals surface area contributed by atoms with Crippen LogP contribution in [0.15, 0.2) is 0 Å². The van der Waals surface area contributed by atoms with Gasteiger partial charge in [-0.2, -0.15) is 0 Å². The molecule has 118 valence electrons. The third kappa shape index (κ3) is 5.01. The number of piperazine rings is 1. The summed E-state index contributed by atoms with van der Waals surface area (Å²) in [6.45, 7) is 11.0. The fraction of sp³-hybridized carbons (Fsp3) is 1.00. The van der Waals surface area contributed by atoms with E-state index < -0.39 is 0 Å². The molecule has 0 bridgehead atoms. The van der Waals surface area contributed by atoms with Crippen molar-refractivity contribution in [2.75, 3.05) is 39.8 Å². The standard InChI is InChI=1S/C17H34N2O/c1-15(2)19-13-11-18(12-14-19)10-4-5-16-6-8-17(20-3)9-7-16/h15-17H,4-14H2,1-3H3/t16-,17+. The second kappa shape index (κ2) is 8.35. The van der Waals surface area contributed by atoms with Crippen LogP contribution < -0.4 is 0 Å². The average molecular weight is 282 g/mol. The Morgan fingerprint density at radius 1 is 1.00 bits per heavy atom. The van der Waals surface area contributed by atoms with Crippen LogP contribution in [0, 0.1) is 5.92 Å². The Bertz CT molecular complexity index is 254. The fourth-order valence-corrected chi connectivity index (χ4v) is 3.76. The van der Waals surface area contributed by atoms with Crippen LogP contribution in [-0.4, -0.2) is 61.8 Å². The lowest BCUT2D eigenvalue weighted by atomic mass is 9.84. The van der Waals surface area contributed by atoms with Crippen LogP contribution in [0.25, 0.3) is 0 Å². The molecular formula is C17H34N2O. The van der Waals surface area contributed by atoms with Crippen LogP contribution in [0.1, 0.15) is 52.4 Å². The minimum Gasteiger partial charge on any atom is -0.381 e. The summed E-state index contributed by atoms with van der Waals surface area (Å²) in [7, 11) is 1.86. The molecule has 1 saturated carbocycles. The molecule has 20 heavy (non-hydrogen) atoms. The van der Waals surface area contributed by atoms with E-state index in [0.29, 0.717) is 12.1 Å². The van der Waals surface area contributed by atoms with E-state index in [2.05, 4.69) is 23.6 Å². The molecule has 3 nitrogen and oxygen atoms in total. The van der Waals surface area contributed by atoms with Gasteiger partial charge < -0.3 is 9.64 Å². The number of ether oxygens (including phenoxy) is 1. The predicted molar refractivity (Wildman–Crippen MR) is 85.1 cm³/mol. The second-order valence-corrected chi connectivity index (χ2v) is 6.99. The molecule has 0 N–H and O–H groups in total. The Morgan fingerprint density at radius 2 is 1.65 bits per heavy atom. The molecule has 0 unspecified atom stereocenters. The topological polar surface area (TPSA) is 15.7 Å². The highest BCUT2D eigenvalue weighted by Crippen LogP contribution is 2.29. The predicted octanol–water partition coefficient (Wildman–Crippen LogP) is 3.00. The molecule has 0 atom stereocenters. The zero-order chi connectivity index (χ0) is 14.4. The molecule has 0 aromatic carbocycles. The van der Waals surface area contributed by atoms with E-state index >= 15 is 0 Å². The largest absolute Gasteiger partial charge is 0.381 e. The quantitative estimate of drug-likeness (QED) is 0.745. The molecule has 1 saturated heterocycles. The molecule has 1 aliphatic heterocycles. The summed E-state index contributed by atoms with van der Waals surface area (Å²) < 4.78 is 5.46. The lowest BCUT2D eigenvalue weighted by Crippen LogP contribution is -2.48. The van der Waals surface area contributed by atoms with Gasteiger partial charge in [-0.25, -0.2) is 0 Å². The molecule has 1 aliphatic carbocycles. The Morgan fingerprint density at radius 3 is 2.20 bits per heavy atom. The monoisotopic (exact) mass is 282 g/mol. The van der Waals surface area contributed by atoms with Crippen molar-refractivity contribution in [3.8, 4) is 0 Å². The zero-order valence-electron chi connectivity index (χ0n) is 13.8. The highest BCUT2D eigenvalue weighted by Gasteiger charge is 2.21. The van der Waals surface area contributed by atoms with Gasteiger partial charge in [-0.1, -0.05) is 0 Å². The maximum atomic E-state index is 5.46. The molecule has 2 rings (SSSR count). The Kier molecular flexibility index (Phi) is 6.79. The van der Waals surface area contributed by atoms with E-state index in [1.807, 2.05) is 7.11 Å². The third-order valence-electron chi connectivity index (χ3n) is 5.35. The smallest absolute Gasteiger partial charge is 0.0571 e. The molecule has 0 amide bonds. The summed E-state index contributed by atoms with van der Waals surface area (Å²) in [5.41, 5.74) is 0. The normalized spacial score (nSPS) is 30.0. The molecular weight excluding hydrogens is 248 g/mol. The van der Waals surface area contributed by atoms with Gasteiger partial charge in [-0.05, 0) is 64.8 Å². The Hall–Kier alpha value is -0.120. The highest BCUT2D eigenvalue weighted by atomic mass is 16.5. The van der Waals surface area contributed by atoms with Crippen molar-refractivity contribution in [2.45, 2.75) is 64.5 Å². The van der Waals surface area contributed by atoms with Gasteiger partial charge in [0.05, 0.1) is 6.10 Å². The van der Waals surface area contributed by atoms with Crippen molar-refractivity contribution in [3.05, 3.63) is 0 Å². The van der Waals surface area contributed by atoms with E-state index in [9.17, 15) is 0 Å². The van der Waals surface area contributed by atoms with Gasteiger partial charge in [0.25, 0.3) is 0 Å². The van der Waals surface area contributed by atoms with Crippen LogP contribution >= 0.6 is 0 Å². The first-order valence-corrected chi connectivity index (χ1v) is 8.68. The Labute approximate surface area is 125 Å². The second-order valence-electron chi connectivity index (χ2n) is 6.99. The SMILES string of the molecule is CO[C@H]1CC[C@@H](CCCN2CCN(C(C)C)CC2)CC1. The van der Waals surface area contributed by atoms with Crippen molar-refractivity contribution >= 4 is 0 Å². The van der Waals surface area contributed by atoms with Crippen LogP contribution in [-0.2, 0) is 4.74 Å². The first-order valence-electron chi connectivity index (χ1n) is 8.68. The molecule has 1 heterocycles. The molecule has 0 aromatic rings. The summed E-state index contributed by atoms with van der Waals surface area (Å²) in [6.07, 6.45) is 8.72. The van der Waals surface area contributed by atoms with Crippen LogP contribution in [0.3, 0.4) is 0 Å². The van der Waals surface area contributed by atoms with Crippen molar-refractivity contribution in [3.63, 3.8) is 0 Å². The van der Waals surface area contributed by atoms with Gasteiger partial charge in [0.15, 0.2) is 0 Å². The van der Waals surface area contributed by atoms with E-state index in [1.54, 1.807) is 0 Å². The molecule has 0 aromatic heterocycles. The van der Waals surface area contributed by atoms with Gasteiger partial charge in [-0.3, -0.25) is 4.90 Å². The molecule has 3 heteroatoms. The summed E-state index contributed by atoms with van der Waals surface area (Å²) in [5.74, 6) is 0.971. The third-order valence-corrected chi connectivity index (χ3v) is 5.35. The number of methoxy groups -OCH3 is 1. The summed E-state index contributed by atoms with van der Waals surface area (Å²) >= 11 is 0. The molecule has 0 spiro atoms. The highest BCUT2D eigenvalue weighted by molar-refractivity contribution is 4.76. The van der Waals surface area contributed by atoms with E-state index in [4.69, 9.17) is 4.74 Å². The first-order chi connectivity index (χ1) is 9.69. The van der Waals surface area contributed by atoms with Gasteiger partial charge in [0.1, 0.15) is 0 Å². The van der Waals surface area contributed by atoms with Crippen molar-refractivity contribution in [2.24, 2.45) is 5.92 Å². The Balaban J connectivity index is 1.54. The fourth-order valence-electron chi connectivity index (χ4n) is 3.76. The van der Waals surface area contributed by atoms with E-state index in [1.165, 1.54) is 71.2 Å². The minimum absolute atomic E-state index is 0.551. The van der Waals surface area contributed by atoms with Gasteiger partial charge in [-0.15, -0.1) is 0 Å². The summed E-state index contributed by atoms with van der Waals surface area (Å²) in [5, 5.41) is 0. The number of hydrogen-bond acceptors (Lipinski definition) is 3. The maximum Gasteiger partial charge on any atom is 0.0571 e.